The van der Waals surface area contributed by atoms with Crippen LogP contribution in [0.5, 0.6) is 0 Å². The van der Waals surface area contributed by atoms with Gasteiger partial charge < -0.3 is 73.8 Å². The average molecular weight is 1910 g/mol. The highest BCUT2D eigenvalue weighted by atomic mass is 16.6. The van der Waals surface area contributed by atoms with Crippen molar-refractivity contribution in [3.63, 3.8) is 0 Å². The Bertz CT molecular complexity index is 3630. The first-order chi connectivity index (χ1) is 63.7. The fourth-order valence-electron chi connectivity index (χ4n) is 16.7. The Labute approximate surface area is 825 Å². The predicted molar refractivity (Wildman–Crippen MR) is 561 cm³/mol. The molecule has 3 rings (SSSR count). The fraction of sp³-hybridized carbons (Fsp3) is 0.694. The number of carbonyl (C=O) groups excluding carboxylic acids is 8. The van der Waals surface area contributed by atoms with E-state index in [1.54, 1.807) is 25.2 Å². The molecule has 6 atom stereocenters. The third kappa shape index (κ3) is 73.7. The number of ether oxygens (including phenoxy) is 8. The van der Waals surface area contributed by atoms with Crippen LogP contribution in [0.4, 0.5) is 0 Å². The summed E-state index contributed by atoms with van der Waals surface area (Å²) in [5.41, 5.74) is 3.01. The molecule has 0 aliphatic carbocycles. The standard InChI is InChI=1S/C19H30NO2.C17H26NO2.C15H28NO2.C14H20NO2.C14H30NO2.C13H28NO2.C11H24NO2.C8H18NO2/c1-4-14-20(6-3,15-5-2)16-17-22-19(21)13-12-18-10-8-7-9-11-18;1-4-18(5-2,6-3)14-15-20-17(19)13-12-16-10-8-7-9-11-16;1-5-9-12-16(8-4,11-7-3)13-14-18-15(17)10-6-2;1-15(2,3)11-12-17-14(16)10-9-13-7-5-4-6-8-13;1-6-9-11-15(8-3,10-7-2)12-13(4)17-14(5)16;1-6-9-14(8-3,10-7-2)11-12(4)16-13(5)15;1-6-12(7-2,8-3)9-10(4)14-11(5)13;1-7(11-8(2)10)6-9(3,4)5/h7-13H,4-6,14-17H2,1-3H3;7-13H,4-6,14-15H2,1-3H3;5,7-9,11-14H2,1-4H3;4-10H,11-12H2,1-3H3;13H,6-12H2,1-5H3;12H,6-11H2,1-5H3;10H,6-9H2,1-5H3;7H,6H2,1-5H3/q8*+1/b2*13-12+;;10-9+;;;;. The lowest BCUT2D eigenvalue weighted by atomic mass is 10.2. The van der Waals surface area contributed by atoms with Crippen LogP contribution in [0.1, 0.15) is 268 Å². The van der Waals surface area contributed by atoms with Crippen LogP contribution in [0, 0.1) is 11.8 Å². The maximum atomic E-state index is 11.8. The Kier molecular flexibility index (Phi) is 81.0. The summed E-state index contributed by atoms with van der Waals surface area (Å²) in [6, 6.07) is 29.2. The van der Waals surface area contributed by atoms with E-state index in [0.29, 0.717) is 26.4 Å². The minimum absolute atomic E-state index is 0.00694. The molecular weight excluding hydrogens is 1700 g/mol. The summed E-state index contributed by atoms with van der Waals surface area (Å²) in [7, 11) is 12.4. The molecule has 0 aliphatic heterocycles. The smallest absolute Gasteiger partial charge is 0.384 e. The third-order valence-electron chi connectivity index (χ3n) is 24.4. The van der Waals surface area contributed by atoms with Gasteiger partial charge in [0.05, 0.1) is 160 Å². The zero-order chi connectivity index (χ0) is 104. The first kappa shape index (κ1) is 135. The molecule has 0 bridgehead atoms. The molecular formula is C111H204N8O16+8. The molecule has 135 heavy (non-hydrogen) atoms. The molecule has 0 aliphatic rings. The maximum absolute atomic E-state index is 11.8. The summed E-state index contributed by atoms with van der Waals surface area (Å²) in [5, 5.41) is 0. The zero-order valence-electron chi connectivity index (χ0n) is 92.3. The highest BCUT2D eigenvalue weighted by molar-refractivity contribution is 5.89. The first-order valence-electron chi connectivity index (χ1n) is 51.4. The second-order valence-corrected chi connectivity index (χ2v) is 37.8. The minimum Gasteiger partial charge on any atom is -0.457 e. The minimum atomic E-state index is -0.404. The normalized spacial score (nSPS) is 13.2. The van der Waals surface area contributed by atoms with Crippen LogP contribution in [-0.4, -0.2) is 347 Å². The lowest BCUT2D eigenvalue weighted by molar-refractivity contribution is -0.929. The molecule has 0 fully saturated rings. The monoisotopic (exact) mass is 1910 g/mol. The van der Waals surface area contributed by atoms with E-state index in [1.165, 1.54) is 130 Å². The summed E-state index contributed by atoms with van der Waals surface area (Å²) in [4.78, 5) is 89.2. The van der Waals surface area contributed by atoms with E-state index in [0.717, 1.165) is 203 Å². The lowest BCUT2D eigenvalue weighted by Gasteiger charge is -2.39. The molecule has 3 aromatic carbocycles. The van der Waals surface area contributed by atoms with Crippen LogP contribution < -0.4 is 0 Å². The molecule has 3 aromatic rings. The fourth-order valence-corrected chi connectivity index (χ4v) is 16.7. The molecule has 24 nitrogen and oxygen atoms in total. The molecule has 0 saturated carbocycles. The highest BCUT2D eigenvalue weighted by Gasteiger charge is 2.31. The van der Waals surface area contributed by atoms with Crippen molar-refractivity contribution in [2.24, 2.45) is 0 Å². The van der Waals surface area contributed by atoms with Gasteiger partial charge in [0.25, 0.3) is 0 Å². The van der Waals surface area contributed by atoms with Gasteiger partial charge in [-0.1, -0.05) is 165 Å². The number of nitrogens with zero attached hydrogens (tertiary/aromatic N) is 8. The molecule has 0 aromatic heterocycles. The molecule has 24 heteroatoms. The number of unbranched alkanes of at least 4 members (excludes halogenated alkanes) is 2. The highest BCUT2D eigenvalue weighted by Crippen LogP contribution is 2.19. The predicted octanol–water partition coefficient (Wildman–Crippen LogP) is 19.6. The number of likely N-dealkylation sites (N-methyl/N-ethyl adjacent to an activating group) is 8. The maximum Gasteiger partial charge on any atom is 0.384 e. The van der Waals surface area contributed by atoms with Crippen LogP contribution in [0.2, 0.25) is 0 Å². The van der Waals surface area contributed by atoms with Gasteiger partial charge in [-0.15, -0.1) is 0 Å². The van der Waals surface area contributed by atoms with Crippen molar-refractivity contribution in [1.29, 1.82) is 0 Å². The van der Waals surface area contributed by atoms with E-state index < -0.39 is 5.97 Å². The van der Waals surface area contributed by atoms with E-state index in [4.69, 9.17) is 37.9 Å². The van der Waals surface area contributed by atoms with Gasteiger partial charge in [-0.2, -0.15) is 0 Å². The van der Waals surface area contributed by atoms with Crippen LogP contribution in [0.15, 0.2) is 109 Å². The van der Waals surface area contributed by atoms with Gasteiger partial charge in [0, 0.05) is 51.8 Å². The number of hydrogen-bond acceptors (Lipinski definition) is 16. The van der Waals surface area contributed by atoms with E-state index in [-0.39, 0.29) is 66.2 Å². The van der Waals surface area contributed by atoms with Gasteiger partial charge >= 0.3 is 47.8 Å². The second-order valence-electron chi connectivity index (χ2n) is 37.8. The summed E-state index contributed by atoms with van der Waals surface area (Å²) >= 11 is 0. The third-order valence-corrected chi connectivity index (χ3v) is 24.4. The van der Waals surface area contributed by atoms with E-state index in [9.17, 15) is 38.4 Å². The number of carbonyl (C=O) groups is 8. The first-order valence-corrected chi connectivity index (χ1v) is 51.4. The average Bonchev–Trinajstić information content (AvgIpc) is 0.865. The molecule has 0 radical (unpaired) electrons. The van der Waals surface area contributed by atoms with Gasteiger partial charge in [-0.05, 0) is 190 Å². The summed E-state index contributed by atoms with van der Waals surface area (Å²) in [6.07, 6.45) is 21.8. The zero-order valence-corrected chi connectivity index (χ0v) is 92.3. The van der Waals surface area contributed by atoms with Crippen molar-refractivity contribution in [2.45, 2.75) is 276 Å². The van der Waals surface area contributed by atoms with Crippen molar-refractivity contribution in [2.75, 3.05) is 239 Å². The Morgan fingerprint density at radius 3 is 0.770 bits per heavy atom. The van der Waals surface area contributed by atoms with Gasteiger partial charge in [-0.3, -0.25) is 19.2 Å². The Morgan fingerprint density at radius 1 is 0.281 bits per heavy atom. The summed E-state index contributed by atoms with van der Waals surface area (Å²) in [5.74, 6) is 3.02. The summed E-state index contributed by atoms with van der Waals surface area (Å²) < 4.78 is 49.4. The van der Waals surface area contributed by atoms with Crippen LogP contribution in [-0.2, 0) is 76.3 Å². The van der Waals surface area contributed by atoms with Crippen molar-refractivity contribution in [3.05, 3.63) is 126 Å². The molecule has 0 spiro atoms. The summed E-state index contributed by atoms with van der Waals surface area (Å²) in [6.45, 7) is 84.6. The van der Waals surface area contributed by atoms with E-state index in [1.807, 2.05) is 119 Å². The molecule has 6 unspecified atom stereocenters. The van der Waals surface area contributed by atoms with Crippen molar-refractivity contribution < 1.29 is 112 Å². The van der Waals surface area contributed by atoms with Crippen LogP contribution >= 0.6 is 0 Å². The Morgan fingerprint density at radius 2 is 0.519 bits per heavy atom. The Balaban J connectivity index is -0.000000480. The van der Waals surface area contributed by atoms with Gasteiger partial charge in [-0.25, -0.2) is 19.2 Å². The number of benzene rings is 3. The quantitative estimate of drug-likeness (QED) is 0.0128. The molecule has 776 valence electrons. The van der Waals surface area contributed by atoms with Gasteiger partial charge in [0.1, 0.15) is 103 Å². The van der Waals surface area contributed by atoms with E-state index in [2.05, 4.69) is 179 Å². The van der Waals surface area contributed by atoms with Gasteiger partial charge in [0.2, 0.25) is 0 Å². The number of hydrogen-bond donors (Lipinski definition) is 0. The molecule has 0 N–H and O–H groups in total. The van der Waals surface area contributed by atoms with E-state index >= 15 is 0 Å². The topological polar surface area (TPSA) is 210 Å². The lowest BCUT2D eigenvalue weighted by Crippen LogP contribution is -2.53. The number of rotatable bonds is 58. The van der Waals surface area contributed by atoms with Crippen LogP contribution in [0.3, 0.4) is 0 Å². The molecule has 0 heterocycles. The van der Waals surface area contributed by atoms with Crippen molar-refractivity contribution >= 4 is 66.0 Å². The SMILES string of the molecule is CC#CC(=O)OCC[N+](CC)(CCC)CCCC.CC(=O)OC(C)C[N+](C)(C)C.CCCC[N+](CC)(CCC)CC(C)OC(C)=O.CCC[N+](CC)(CCC)CC(C)OC(C)=O.CCC[N+](CC)(CCC)CCOC(=O)/C=C/c1ccccc1.CC[N+](CC)(CC)CC(C)OC(C)=O.CC[N+](CC)(CC)CCOC(=O)/C=C/c1ccccc1.C[N+](C)(C)CCOC(=O)/C=C/c1ccccc1. The number of quaternary nitrogens is 8. The van der Waals surface area contributed by atoms with Gasteiger partial charge in [0.15, 0.2) is 0 Å². The number of esters is 8. The second kappa shape index (κ2) is 80.8. The van der Waals surface area contributed by atoms with Crippen LogP contribution in [0.25, 0.3) is 18.2 Å². The van der Waals surface area contributed by atoms with Crippen molar-refractivity contribution in [3.8, 4) is 11.8 Å². The largest absolute Gasteiger partial charge is 0.457 e. The Hall–Kier alpha value is -8.12. The molecule has 0 amide bonds. The molecule has 0 saturated heterocycles. The van der Waals surface area contributed by atoms with Crippen molar-refractivity contribution in [1.82, 2.24) is 0 Å².